The summed E-state index contributed by atoms with van der Waals surface area (Å²) in [7, 11) is 0. The van der Waals surface area contributed by atoms with Crippen molar-refractivity contribution in [3.63, 3.8) is 0 Å². The van der Waals surface area contributed by atoms with Crippen LogP contribution >= 0.6 is 12.4 Å². The molecule has 6 saturated heterocycles. The Morgan fingerprint density at radius 3 is 1.83 bits per heavy atom. The summed E-state index contributed by atoms with van der Waals surface area (Å²) in [5, 5.41) is 18.5. The van der Waals surface area contributed by atoms with E-state index in [-0.39, 0.29) is 12.4 Å². The zero-order chi connectivity index (χ0) is 16.7. The lowest BCUT2D eigenvalue weighted by Crippen LogP contribution is -2.31. The van der Waals surface area contributed by atoms with Gasteiger partial charge < -0.3 is 10.4 Å². The Hall–Kier alpha value is -0.730. The molecule has 0 amide bonds. The second-order valence-electron chi connectivity index (χ2n) is 7.05. The molecule has 8 heteroatoms. The predicted molar refractivity (Wildman–Crippen MR) is 95.0 cm³/mol. The van der Waals surface area contributed by atoms with Crippen molar-refractivity contribution < 1.29 is 15.2 Å². The topological polar surface area (TPSA) is 102 Å². The van der Waals surface area contributed by atoms with Gasteiger partial charge in [-0.05, 0) is 70.1 Å². The van der Waals surface area contributed by atoms with Crippen molar-refractivity contribution in [3.05, 3.63) is 0 Å². The van der Waals surface area contributed by atoms with Crippen LogP contribution in [0.15, 0.2) is 5.16 Å². The van der Waals surface area contributed by atoms with Gasteiger partial charge in [-0.15, -0.1) is 12.4 Å². The van der Waals surface area contributed by atoms with Gasteiger partial charge in [-0.2, -0.15) is 0 Å². The van der Waals surface area contributed by atoms with Crippen molar-refractivity contribution in [1.29, 1.82) is 0 Å². The Kier molecular flexibility index (Phi) is 9.76. The SMILES string of the molecule is Cl.NO.O/N=C1\CC2CCN(CC2)C1.O=C1CC2CCN(CC2)C1. The van der Waals surface area contributed by atoms with Crippen LogP contribution in [-0.2, 0) is 4.79 Å². The minimum absolute atomic E-state index is 0. The number of Topliss-reactive ketones (excluding diaryl/α,β-unsaturated/α-hetero) is 1. The summed E-state index contributed by atoms with van der Waals surface area (Å²) in [5.41, 5.74) is 0.977. The maximum Gasteiger partial charge on any atom is 0.147 e. The average molecular weight is 363 g/mol. The van der Waals surface area contributed by atoms with Crippen LogP contribution in [0.25, 0.3) is 0 Å². The number of halogens is 1. The molecule has 0 saturated carbocycles. The number of nitrogens with zero attached hydrogens (tertiary/aromatic N) is 3. The first-order chi connectivity index (χ1) is 11.2. The maximum atomic E-state index is 11.1. The highest BCUT2D eigenvalue weighted by atomic mass is 35.5. The van der Waals surface area contributed by atoms with Gasteiger partial charge in [0.1, 0.15) is 5.78 Å². The van der Waals surface area contributed by atoms with E-state index < -0.39 is 0 Å². The van der Waals surface area contributed by atoms with E-state index in [0.717, 1.165) is 56.6 Å². The fourth-order valence-electron chi connectivity index (χ4n) is 4.06. The van der Waals surface area contributed by atoms with Crippen molar-refractivity contribution >= 4 is 23.9 Å². The monoisotopic (exact) mass is 362 g/mol. The smallest absolute Gasteiger partial charge is 0.147 e. The normalized spacial score (nSPS) is 35.6. The lowest BCUT2D eigenvalue weighted by molar-refractivity contribution is -0.119. The molecule has 0 atom stereocenters. The molecule has 0 aromatic rings. The Morgan fingerprint density at radius 2 is 1.33 bits per heavy atom. The first-order valence-electron chi connectivity index (χ1n) is 8.65. The molecule has 4 bridgehead atoms. The van der Waals surface area contributed by atoms with Gasteiger partial charge >= 0.3 is 0 Å². The fourth-order valence-corrected chi connectivity index (χ4v) is 4.06. The molecule has 0 aliphatic carbocycles. The van der Waals surface area contributed by atoms with Crippen LogP contribution in [0.5, 0.6) is 0 Å². The minimum Gasteiger partial charge on any atom is -0.411 e. The molecule has 6 aliphatic rings. The van der Waals surface area contributed by atoms with E-state index in [9.17, 15) is 4.79 Å². The molecule has 7 nitrogen and oxygen atoms in total. The molecule has 0 unspecified atom stereocenters. The number of nitrogens with two attached hydrogens (primary N) is 1. The first kappa shape index (κ1) is 21.3. The summed E-state index contributed by atoms with van der Waals surface area (Å²) < 4.78 is 0. The van der Waals surface area contributed by atoms with E-state index in [1.807, 2.05) is 0 Å². The highest BCUT2D eigenvalue weighted by Crippen LogP contribution is 2.25. The average Bonchev–Trinajstić information content (AvgIpc) is 3.06. The summed E-state index contributed by atoms with van der Waals surface area (Å²) in [4.78, 5) is 15.8. The molecule has 0 aromatic carbocycles. The van der Waals surface area contributed by atoms with Crippen LogP contribution in [-0.4, -0.2) is 71.0 Å². The highest BCUT2D eigenvalue weighted by Gasteiger charge is 2.27. The second-order valence-corrected chi connectivity index (χ2v) is 7.05. The molecule has 6 aliphatic heterocycles. The molecular weight excluding hydrogens is 332 g/mol. The Morgan fingerprint density at radius 1 is 0.875 bits per heavy atom. The van der Waals surface area contributed by atoms with Gasteiger partial charge in [0.25, 0.3) is 0 Å². The number of rotatable bonds is 0. The molecule has 0 aromatic heterocycles. The third-order valence-corrected chi connectivity index (χ3v) is 5.40. The lowest BCUT2D eigenvalue weighted by Gasteiger charge is -2.25. The van der Waals surface area contributed by atoms with Crippen molar-refractivity contribution in [2.45, 2.75) is 38.5 Å². The zero-order valence-electron chi connectivity index (χ0n) is 14.3. The van der Waals surface area contributed by atoms with Gasteiger partial charge in [0.2, 0.25) is 0 Å². The van der Waals surface area contributed by atoms with Crippen LogP contribution in [0.3, 0.4) is 0 Å². The number of hydrogen-bond donors (Lipinski definition) is 3. The molecule has 140 valence electrons. The van der Waals surface area contributed by atoms with Crippen LogP contribution in [0.1, 0.15) is 38.5 Å². The maximum absolute atomic E-state index is 11.1. The molecule has 24 heavy (non-hydrogen) atoms. The second kappa shape index (κ2) is 11.0. The van der Waals surface area contributed by atoms with Crippen LogP contribution in [0, 0.1) is 11.8 Å². The van der Waals surface area contributed by atoms with Gasteiger partial charge in [-0.3, -0.25) is 14.6 Å². The van der Waals surface area contributed by atoms with Gasteiger partial charge in [0, 0.05) is 13.0 Å². The van der Waals surface area contributed by atoms with Crippen molar-refractivity contribution in [2.75, 3.05) is 39.3 Å². The van der Waals surface area contributed by atoms with E-state index >= 15 is 0 Å². The van der Waals surface area contributed by atoms with Gasteiger partial charge in [0.05, 0.1) is 12.3 Å². The molecule has 6 rings (SSSR count). The van der Waals surface area contributed by atoms with Crippen molar-refractivity contribution in [2.24, 2.45) is 22.9 Å². The molecule has 6 heterocycles. The van der Waals surface area contributed by atoms with Gasteiger partial charge in [-0.1, -0.05) is 5.16 Å². The Balaban J connectivity index is 0.000000211. The van der Waals surface area contributed by atoms with E-state index in [2.05, 4.69) is 20.9 Å². The van der Waals surface area contributed by atoms with E-state index in [1.54, 1.807) is 0 Å². The molecule has 4 N–H and O–H groups in total. The molecule has 0 radical (unpaired) electrons. The summed E-state index contributed by atoms with van der Waals surface area (Å²) in [6, 6.07) is 0. The fraction of sp³-hybridized carbons (Fsp3) is 0.875. The number of piperidine rings is 2. The van der Waals surface area contributed by atoms with Crippen molar-refractivity contribution in [1.82, 2.24) is 9.80 Å². The lowest BCUT2D eigenvalue weighted by atomic mass is 9.95. The molecular formula is C16H31ClN4O3. The first-order valence-corrected chi connectivity index (χ1v) is 8.65. The Labute approximate surface area is 150 Å². The quantitative estimate of drug-likeness (QED) is 0.444. The number of fused-ring (bicyclic) bond motifs is 8. The number of carbonyl (C=O) groups is 1. The standard InChI is InChI=1S/C8H14N2O.C8H13NO.ClH.H3NO/c11-9-8-5-7-1-3-10(6-8)4-2-7;10-8-5-7-1-3-9(6-8)4-2-7;;1-2/h7,11H,1-6H2;7H,1-6H2;1H;2H,1H2/b9-8+;;;. The zero-order valence-corrected chi connectivity index (χ0v) is 15.1. The summed E-state index contributed by atoms with van der Waals surface area (Å²) >= 11 is 0. The molecule has 0 spiro atoms. The van der Waals surface area contributed by atoms with E-state index in [4.69, 9.17) is 10.4 Å². The van der Waals surface area contributed by atoms with E-state index in [1.165, 1.54) is 38.8 Å². The predicted octanol–water partition coefficient (Wildman–Crippen LogP) is 1.36. The highest BCUT2D eigenvalue weighted by molar-refractivity contribution is 5.86. The van der Waals surface area contributed by atoms with Gasteiger partial charge in [-0.25, -0.2) is 5.90 Å². The third kappa shape index (κ3) is 6.29. The number of ketones is 1. The van der Waals surface area contributed by atoms with Gasteiger partial charge in [0.15, 0.2) is 0 Å². The number of oxime groups is 1. The number of hydrogen-bond acceptors (Lipinski definition) is 7. The summed E-state index contributed by atoms with van der Waals surface area (Å²) in [5.74, 6) is 5.48. The van der Waals surface area contributed by atoms with Crippen LogP contribution in [0.2, 0.25) is 0 Å². The van der Waals surface area contributed by atoms with Crippen LogP contribution < -0.4 is 5.90 Å². The van der Waals surface area contributed by atoms with Crippen molar-refractivity contribution in [3.8, 4) is 0 Å². The molecule has 6 fully saturated rings. The third-order valence-electron chi connectivity index (χ3n) is 5.40. The largest absolute Gasteiger partial charge is 0.411 e. The van der Waals surface area contributed by atoms with Crippen LogP contribution in [0.4, 0.5) is 0 Å². The minimum atomic E-state index is 0. The number of carbonyl (C=O) groups excluding carboxylic acids is 1. The summed E-state index contributed by atoms with van der Waals surface area (Å²) in [6.07, 6.45) is 6.97. The summed E-state index contributed by atoms with van der Waals surface area (Å²) in [6.45, 7) is 6.35. The Bertz CT molecular complexity index is 374. The van der Waals surface area contributed by atoms with E-state index in [0.29, 0.717) is 5.78 Å².